The first-order valence-corrected chi connectivity index (χ1v) is 7.15. The number of ether oxygens (including phenoxy) is 1. The highest BCUT2D eigenvalue weighted by atomic mass is 16.5. The van der Waals surface area contributed by atoms with E-state index in [0.29, 0.717) is 0 Å². The Kier molecular flexibility index (Phi) is 3.98. The Hall–Kier alpha value is -1.55. The van der Waals surface area contributed by atoms with Crippen molar-refractivity contribution in [2.75, 3.05) is 43.1 Å². The van der Waals surface area contributed by atoms with E-state index < -0.39 is 0 Å². The Labute approximate surface area is 114 Å². The number of nitrogens with zero attached hydrogens (tertiary/aromatic N) is 2. The second-order valence-corrected chi connectivity index (χ2v) is 5.03. The molecule has 1 saturated heterocycles. The van der Waals surface area contributed by atoms with Crippen LogP contribution in [0, 0.1) is 0 Å². The number of morpholine rings is 1. The molecule has 2 aliphatic rings. The maximum atomic E-state index is 5.43. The minimum absolute atomic E-state index is 0.815. The van der Waals surface area contributed by atoms with Gasteiger partial charge in [-0.1, -0.05) is 12.1 Å². The van der Waals surface area contributed by atoms with Gasteiger partial charge in [-0.05, 0) is 25.0 Å². The van der Waals surface area contributed by atoms with Gasteiger partial charge in [0.05, 0.1) is 24.6 Å². The monoisotopic (exact) mass is 259 g/mol. The van der Waals surface area contributed by atoms with E-state index in [1.807, 2.05) is 0 Å². The average Bonchev–Trinajstić information content (AvgIpc) is 2.50. The first kappa shape index (κ1) is 12.5. The fraction of sp³-hybridized carbons (Fsp3) is 0.533. The summed E-state index contributed by atoms with van der Waals surface area (Å²) in [5.74, 6) is 1.13. The fourth-order valence-electron chi connectivity index (χ4n) is 2.61. The van der Waals surface area contributed by atoms with Crippen molar-refractivity contribution >= 4 is 17.2 Å². The molecule has 2 heterocycles. The maximum absolute atomic E-state index is 5.43. The van der Waals surface area contributed by atoms with Crippen molar-refractivity contribution in [1.82, 2.24) is 0 Å². The minimum Gasteiger partial charge on any atom is -0.378 e. The van der Waals surface area contributed by atoms with Crippen molar-refractivity contribution in [3.63, 3.8) is 0 Å². The quantitative estimate of drug-likeness (QED) is 0.886. The van der Waals surface area contributed by atoms with Gasteiger partial charge >= 0.3 is 0 Å². The molecular formula is C15H21N3O. The lowest BCUT2D eigenvalue weighted by Gasteiger charge is -2.31. The molecule has 4 nitrogen and oxygen atoms in total. The van der Waals surface area contributed by atoms with E-state index in [1.54, 1.807) is 0 Å². The molecule has 0 amide bonds. The van der Waals surface area contributed by atoms with Crippen LogP contribution in [0.5, 0.6) is 0 Å². The van der Waals surface area contributed by atoms with E-state index in [-0.39, 0.29) is 0 Å². The Balaban J connectivity index is 1.78. The smallest absolute Gasteiger partial charge is 0.101 e. The van der Waals surface area contributed by atoms with Gasteiger partial charge in [0.2, 0.25) is 0 Å². The molecule has 0 atom stereocenters. The molecule has 0 saturated carbocycles. The molecule has 4 heteroatoms. The summed E-state index contributed by atoms with van der Waals surface area (Å²) in [5.41, 5.74) is 2.43. The minimum atomic E-state index is 0.815. The molecule has 1 aromatic carbocycles. The van der Waals surface area contributed by atoms with Gasteiger partial charge in [-0.15, -0.1) is 0 Å². The topological polar surface area (TPSA) is 36.9 Å². The summed E-state index contributed by atoms with van der Waals surface area (Å²) < 4.78 is 5.43. The zero-order valence-electron chi connectivity index (χ0n) is 11.3. The van der Waals surface area contributed by atoms with Crippen LogP contribution < -0.4 is 10.2 Å². The van der Waals surface area contributed by atoms with E-state index in [9.17, 15) is 0 Å². The summed E-state index contributed by atoms with van der Waals surface area (Å²) >= 11 is 0. The molecule has 1 N–H and O–H groups in total. The van der Waals surface area contributed by atoms with Crippen LogP contribution in [0.4, 0.5) is 11.4 Å². The number of benzene rings is 1. The Morgan fingerprint density at radius 3 is 2.74 bits per heavy atom. The van der Waals surface area contributed by atoms with Crippen molar-refractivity contribution in [3.05, 3.63) is 24.3 Å². The van der Waals surface area contributed by atoms with Gasteiger partial charge in [-0.2, -0.15) is 0 Å². The van der Waals surface area contributed by atoms with Crippen LogP contribution in [0.25, 0.3) is 0 Å². The lowest BCUT2D eigenvalue weighted by atomic mass is 10.1. The van der Waals surface area contributed by atoms with E-state index in [1.165, 1.54) is 24.2 Å². The second kappa shape index (κ2) is 6.06. The lowest BCUT2D eigenvalue weighted by molar-refractivity contribution is 0.123. The van der Waals surface area contributed by atoms with E-state index in [2.05, 4.69) is 39.5 Å². The van der Waals surface area contributed by atoms with Crippen molar-refractivity contribution in [3.8, 4) is 0 Å². The van der Waals surface area contributed by atoms with Gasteiger partial charge in [0.1, 0.15) is 5.84 Å². The Bertz CT molecular complexity index is 452. The molecule has 1 fully saturated rings. The molecule has 0 bridgehead atoms. The molecule has 102 valence electrons. The normalized spacial score (nSPS) is 20.0. The van der Waals surface area contributed by atoms with Crippen LogP contribution in [-0.4, -0.2) is 38.7 Å². The van der Waals surface area contributed by atoms with Gasteiger partial charge < -0.3 is 15.0 Å². The highest BCUT2D eigenvalue weighted by molar-refractivity contribution is 5.98. The molecule has 19 heavy (non-hydrogen) atoms. The molecule has 0 aliphatic carbocycles. The second-order valence-electron chi connectivity index (χ2n) is 5.03. The summed E-state index contributed by atoms with van der Waals surface area (Å²) in [4.78, 5) is 6.96. The number of rotatable bonds is 2. The van der Waals surface area contributed by atoms with Gasteiger partial charge in [0.25, 0.3) is 0 Å². The fourth-order valence-corrected chi connectivity index (χ4v) is 2.61. The average molecular weight is 259 g/mol. The number of aliphatic imine (C=N–C) groups is 1. The summed E-state index contributed by atoms with van der Waals surface area (Å²) in [7, 11) is 0. The third-order valence-corrected chi connectivity index (χ3v) is 3.66. The van der Waals surface area contributed by atoms with E-state index >= 15 is 0 Å². The first-order valence-electron chi connectivity index (χ1n) is 7.15. The molecule has 0 aromatic heterocycles. The number of amidine groups is 1. The van der Waals surface area contributed by atoms with Gasteiger partial charge in [0.15, 0.2) is 0 Å². The predicted octanol–water partition coefficient (Wildman–Crippen LogP) is 2.52. The van der Waals surface area contributed by atoms with Gasteiger partial charge in [-0.25, -0.2) is 0 Å². The predicted molar refractivity (Wildman–Crippen MR) is 79.2 cm³/mol. The zero-order chi connectivity index (χ0) is 12.9. The summed E-state index contributed by atoms with van der Waals surface area (Å²) in [6.07, 6.45) is 3.53. The van der Waals surface area contributed by atoms with Crippen LogP contribution in [0.15, 0.2) is 29.3 Å². The highest BCUT2D eigenvalue weighted by Gasteiger charge is 2.15. The van der Waals surface area contributed by atoms with Crippen LogP contribution >= 0.6 is 0 Å². The molecule has 0 unspecified atom stereocenters. The van der Waals surface area contributed by atoms with Gasteiger partial charge in [-0.3, -0.25) is 4.99 Å². The Morgan fingerprint density at radius 1 is 1.11 bits per heavy atom. The number of nitrogens with one attached hydrogen (secondary N) is 1. The Morgan fingerprint density at radius 2 is 1.95 bits per heavy atom. The van der Waals surface area contributed by atoms with Crippen molar-refractivity contribution < 1.29 is 4.74 Å². The number of anilines is 2. The van der Waals surface area contributed by atoms with Crippen molar-refractivity contribution in [2.45, 2.75) is 19.3 Å². The van der Waals surface area contributed by atoms with E-state index in [4.69, 9.17) is 4.74 Å². The van der Waals surface area contributed by atoms with Crippen LogP contribution in [0.1, 0.15) is 19.3 Å². The maximum Gasteiger partial charge on any atom is 0.101 e. The largest absolute Gasteiger partial charge is 0.378 e. The standard InChI is InChI=1S/C15H21N3O/c1-2-6-14(18-9-11-19-12-10-18)13(5-1)17-15-7-3-4-8-16-15/h1-2,5-6H,3-4,7-12H2,(H,16,17). The lowest BCUT2D eigenvalue weighted by Crippen LogP contribution is -2.36. The molecule has 0 spiro atoms. The molecule has 0 radical (unpaired) electrons. The first-order chi connectivity index (χ1) is 9.43. The van der Waals surface area contributed by atoms with Crippen LogP contribution in [-0.2, 0) is 4.74 Å². The van der Waals surface area contributed by atoms with E-state index in [0.717, 1.165) is 45.1 Å². The van der Waals surface area contributed by atoms with Crippen LogP contribution in [0.3, 0.4) is 0 Å². The summed E-state index contributed by atoms with van der Waals surface area (Å²) in [5, 5.41) is 3.51. The van der Waals surface area contributed by atoms with Crippen LogP contribution in [0.2, 0.25) is 0 Å². The summed E-state index contributed by atoms with van der Waals surface area (Å²) in [6.45, 7) is 4.52. The number of hydrogen-bond donors (Lipinski definition) is 1. The molecule has 2 aliphatic heterocycles. The number of para-hydroxylation sites is 2. The van der Waals surface area contributed by atoms with Gasteiger partial charge in [0, 0.05) is 26.1 Å². The SMILES string of the molecule is c1ccc(N2CCOCC2)c(NC2=NCCCC2)c1. The van der Waals surface area contributed by atoms with Crippen molar-refractivity contribution in [2.24, 2.45) is 4.99 Å². The summed E-state index contributed by atoms with van der Waals surface area (Å²) in [6, 6.07) is 8.49. The zero-order valence-corrected chi connectivity index (χ0v) is 11.3. The third-order valence-electron chi connectivity index (χ3n) is 3.66. The number of hydrogen-bond acceptors (Lipinski definition) is 4. The molecule has 3 rings (SSSR count). The molecular weight excluding hydrogens is 238 g/mol. The third kappa shape index (κ3) is 3.07. The highest BCUT2D eigenvalue weighted by Crippen LogP contribution is 2.27. The molecule has 1 aromatic rings. The van der Waals surface area contributed by atoms with Crippen molar-refractivity contribution in [1.29, 1.82) is 0 Å².